The highest BCUT2D eigenvalue weighted by atomic mass is 16.4. The third-order valence-corrected chi connectivity index (χ3v) is 1.97. The first kappa shape index (κ1) is 13.0. The van der Waals surface area contributed by atoms with Gasteiger partial charge in [0.1, 0.15) is 5.76 Å². The first-order chi connectivity index (χ1) is 8.11. The molecule has 7 heteroatoms. The van der Waals surface area contributed by atoms with E-state index in [2.05, 4.69) is 15.6 Å². The van der Waals surface area contributed by atoms with Crippen LogP contribution in [-0.2, 0) is 17.8 Å². The Hall–Kier alpha value is -2.05. The van der Waals surface area contributed by atoms with E-state index in [1.165, 1.54) is 0 Å². The van der Waals surface area contributed by atoms with Gasteiger partial charge in [-0.15, -0.1) is 0 Å². The Morgan fingerprint density at radius 2 is 2.24 bits per heavy atom. The number of carboxylic acids is 1. The minimum atomic E-state index is -0.953. The average molecular weight is 241 g/mol. The molecule has 0 bridgehead atoms. The van der Waals surface area contributed by atoms with Gasteiger partial charge in [-0.25, -0.2) is 9.78 Å². The van der Waals surface area contributed by atoms with Crippen LogP contribution in [-0.4, -0.2) is 28.6 Å². The second-order valence-electron chi connectivity index (χ2n) is 3.33. The predicted octanol–water partition coefficient (Wildman–Crippen LogP) is 0.511. The van der Waals surface area contributed by atoms with E-state index < -0.39 is 12.0 Å². The van der Waals surface area contributed by atoms with Gasteiger partial charge in [0.15, 0.2) is 0 Å². The van der Waals surface area contributed by atoms with Crippen molar-refractivity contribution in [3.8, 4) is 0 Å². The van der Waals surface area contributed by atoms with Crippen LogP contribution in [0.25, 0.3) is 0 Å². The third-order valence-electron chi connectivity index (χ3n) is 1.97. The predicted molar refractivity (Wildman–Crippen MR) is 58.4 cm³/mol. The zero-order valence-electron chi connectivity index (χ0n) is 9.52. The largest absolute Gasteiger partial charge is 0.481 e. The molecule has 0 saturated carbocycles. The van der Waals surface area contributed by atoms with Crippen LogP contribution < -0.4 is 10.6 Å². The standard InChI is InChI=1S/C10H15N3O4/c1-2-7-5-12-8(17-7)6-13-10(16)11-4-3-9(14)15/h5H,2-4,6H2,1H3,(H,14,15)(H2,11,13,16). The van der Waals surface area contributed by atoms with Crippen LogP contribution in [0.3, 0.4) is 0 Å². The van der Waals surface area contributed by atoms with Gasteiger partial charge in [-0.05, 0) is 0 Å². The highest BCUT2D eigenvalue weighted by Crippen LogP contribution is 2.03. The lowest BCUT2D eigenvalue weighted by Crippen LogP contribution is -2.36. The Bertz CT molecular complexity index is 389. The normalized spacial score (nSPS) is 9.94. The molecule has 0 radical (unpaired) electrons. The number of hydrogen-bond donors (Lipinski definition) is 3. The summed E-state index contributed by atoms with van der Waals surface area (Å²) in [6.45, 7) is 2.21. The number of nitrogens with one attached hydrogen (secondary N) is 2. The second kappa shape index (κ2) is 6.51. The maximum absolute atomic E-state index is 11.2. The van der Waals surface area contributed by atoms with E-state index in [0.29, 0.717) is 5.89 Å². The van der Waals surface area contributed by atoms with Gasteiger partial charge >= 0.3 is 12.0 Å². The van der Waals surface area contributed by atoms with Crippen LogP contribution in [0.2, 0.25) is 0 Å². The molecule has 0 atom stereocenters. The summed E-state index contributed by atoms with van der Waals surface area (Å²) in [4.78, 5) is 25.4. The van der Waals surface area contributed by atoms with Crippen molar-refractivity contribution >= 4 is 12.0 Å². The molecule has 0 spiro atoms. The summed E-state index contributed by atoms with van der Waals surface area (Å²) in [5, 5.41) is 13.3. The molecule has 3 N–H and O–H groups in total. The van der Waals surface area contributed by atoms with Crippen molar-refractivity contribution in [2.24, 2.45) is 0 Å². The highest BCUT2D eigenvalue weighted by molar-refractivity contribution is 5.74. The first-order valence-electron chi connectivity index (χ1n) is 5.29. The lowest BCUT2D eigenvalue weighted by molar-refractivity contribution is -0.136. The summed E-state index contributed by atoms with van der Waals surface area (Å²) in [6.07, 6.45) is 2.25. The molecule has 94 valence electrons. The number of amides is 2. The van der Waals surface area contributed by atoms with Gasteiger partial charge < -0.3 is 20.2 Å². The topological polar surface area (TPSA) is 104 Å². The van der Waals surface area contributed by atoms with E-state index in [4.69, 9.17) is 9.52 Å². The van der Waals surface area contributed by atoms with E-state index in [9.17, 15) is 9.59 Å². The average Bonchev–Trinajstić information content (AvgIpc) is 2.73. The third kappa shape index (κ3) is 5.01. The number of carbonyl (C=O) groups is 2. The second-order valence-corrected chi connectivity index (χ2v) is 3.33. The highest BCUT2D eigenvalue weighted by Gasteiger charge is 2.05. The molecule has 1 aromatic heterocycles. The Balaban J connectivity index is 2.21. The molecule has 2 amide bonds. The smallest absolute Gasteiger partial charge is 0.315 e. The van der Waals surface area contributed by atoms with Crippen molar-refractivity contribution in [2.45, 2.75) is 26.3 Å². The number of carbonyl (C=O) groups excluding carboxylic acids is 1. The Morgan fingerprint density at radius 1 is 1.47 bits per heavy atom. The molecule has 0 saturated heterocycles. The van der Waals surface area contributed by atoms with E-state index >= 15 is 0 Å². The number of oxazole rings is 1. The van der Waals surface area contributed by atoms with Crippen molar-refractivity contribution in [1.29, 1.82) is 0 Å². The SMILES string of the molecule is CCc1cnc(CNC(=O)NCCC(=O)O)o1. The van der Waals surface area contributed by atoms with Crippen LogP contribution in [0.15, 0.2) is 10.6 Å². The molecule has 17 heavy (non-hydrogen) atoms. The summed E-state index contributed by atoms with van der Waals surface area (Å²) in [7, 11) is 0. The molecular formula is C10H15N3O4. The number of carboxylic acid groups (broad SMARTS) is 1. The number of nitrogens with zero attached hydrogens (tertiary/aromatic N) is 1. The molecule has 1 rings (SSSR count). The molecule has 0 aliphatic rings. The Morgan fingerprint density at radius 3 is 2.82 bits per heavy atom. The fraction of sp³-hybridized carbons (Fsp3) is 0.500. The molecule has 0 aromatic carbocycles. The van der Waals surface area contributed by atoms with Gasteiger partial charge in [0, 0.05) is 13.0 Å². The summed E-state index contributed by atoms with van der Waals surface area (Å²) in [6, 6.07) is -0.442. The summed E-state index contributed by atoms with van der Waals surface area (Å²) in [5.74, 6) is 0.230. The fourth-order valence-corrected chi connectivity index (χ4v) is 1.09. The molecular weight excluding hydrogens is 226 g/mol. The van der Waals surface area contributed by atoms with Gasteiger partial charge in [-0.1, -0.05) is 6.92 Å². The van der Waals surface area contributed by atoms with E-state index in [1.54, 1.807) is 6.20 Å². The molecule has 1 aromatic rings. The summed E-state index contributed by atoms with van der Waals surface area (Å²) < 4.78 is 5.28. The van der Waals surface area contributed by atoms with E-state index in [0.717, 1.165) is 12.2 Å². The number of hydrogen-bond acceptors (Lipinski definition) is 4. The minimum Gasteiger partial charge on any atom is -0.481 e. The van der Waals surface area contributed by atoms with Gasteiger partial charge in [0.05, 0.1) is 19.2 Å². The molecule has 0 aliphatic carbocycles. The van der Waals surface area contributed by atoms with Crippen LogP contribution >= 0.6 is 0 Å². The van der Waals surface area contributed by atoms with Gasteiger partial charge in [0.25, 0.3) is 0 Å². The van der Waals surface area contributed by atoms with Crippen molar-refractivity contribution < 1.29 is 19.1 Å². The summed E-state index contributed by atoms with van der Waals surface area (Å²) in [5.41, 5.74) is 0. The molecule has 7 nitrogen and oxygen atoms in total. The Labute approximate surface area is 98.2 Å². The fourth-order valence-electron chi connectivity index (χ4n) is 1.09. The number of rotatable bonds is 6. The maximum Gasteiger partial charge on any atom is 0.315 e. The van der Waals surface area contributed by atoms with Gasteiger partial charge in [-0.2, -0.15) is 0 Å². The summed E-state index contributed by atoms with van der Waals surface area (Å²) >= 11 is 0. The molecule has 0 fully saturated rings. The van der Waals surface area contributed by atoms with Gasteiger partial charge in [0.2, 0.25) is 5.89 Å². The van der Waals surface area contributed by atoms with Crippen LogP contribution in [0, 0.1) is 0 Å². The van der Waals surface area contributed by atoms with Crippen LogP contribution in [0.5, 0.6) is 0 Å². The van der Waals surface area contributed by atoms with Crippen molar-refractivity contribution in [2.75, 3.05) is 6.54 Å². The van der Waals surface area contributed by atoms with Crippen LogP contribution in [0.1, 0.15) is 25.0 Å². The zero-order chi connectivity index (χ0) is 12.7. The number of urea groups is 1. The van der Waals surface area contributed by atoms with Crippen LogP contribution in [0.4, 0.5) is 4.79 Å². The monoisotopic (exact) mass is 241 g/mol. The lowest BCUT2D eigenvalue weighted by Gasteiger charge is -2.04. The van der Waals surface area contributed by atoms with E-state index in [-0.39, 0.29) is 19.5 Å². The molecule has 0 aliphatic heterocycles. The van der Waals surface area contributed by atoms with Crippen molar-refractivity contribution in [3.63, 3.8) is 0 Å². The Kier molecular flexibility index (Phi) is 4.99. The molecule has 1 heterocycles. The van der Waals surface area contributed by atoms with Gasteiger partial charge in [-0.3, -0.25) is 4.79 Å². The minimum absolute atomic E-state index is 0.0902. The van der Waals surface area contributed by atoms with E-state index in [1.807, 2.05) is 6.92 Å². The molecule has 0 unspecified atom stereocenters. The number of aliphatic carboxylic acids is 1. The van der Waals surface area contributed by atoms with Crippen molar-refractivity contribution in [1.82, 2.24) is 15.6 Å². The zero-order valence-corrected chi connectivity index (χ0v) is 9.52. The number of aromatic nitrogens is 1. The first-order valence-corrected chi connectivity index (χ1v) is 5.29. The number of aryl methyl sites for hydroxylation is 1. The van der Waals surface area contributed by atoms with Crippen molar-refractivity contribution in [3.05, 3.63) is 17.8 Å². The lowest BCUT2D eigenvalue weighted by atomic mass is 10.4. The quantitative estimate of drug-likeness (QED) is 0.673. The maximum atomic E-state index is 11.2.